The number of para-hydroxylation sites is 1. The van der Waals surface area contributed by atoms with Gasteiger partial charge < -0.3 is 5.32 Å². The third-order valence-electron chi connectivity index (χ3n) is 5.35. The summed E-state index contributed by atoms with van der Waals surface area (Å²) in [5.41, 5.74) is 2.67. The van der Waals surface area contributed by atoms with Crippen molar-refractivity contribution in [2.24, 2.45) is 15.9 Å². The van der Waals surface area contributed by atoms with E-state index in [9.17, 15) is 9.59 Å². The van der Waals surface area contributed by atoms with Crippen molar-refractivity contribution < 1.29 is 9.59 Å². The fourth-order valence-electron chi connectivity index (χ4n) is 3.44. The third-order valence-corrected chi connectivity index (χ3v) is 6.29. The van der Waals surface area contributed by atoms with Gasteiger partial charge in [-0.15, -0.1) is 0 Å². The summed E-state index contributed by atoms with van der Waals surface area (Å²) >= 11 is 1.27. The summed E-state index contributed by atoms with van der Waals surface area (Å²) in [4.78, 5) is 36.5. The second-order valence-corrected chi connectivity index (χ2v) is 8.36. The van der Waals surface area contributed by atoms with E-state index in [0.29, 0.717) is 17.5 Å². The maximum atomic E-state index is 13.1. The Morgan fingerprint density at radius 3 is 2.67 bits per heavy atom. The molecule has 0 unspecified atom stereocenters. The van der Waals surface area contributed by atoms with E-state index in [-0.39, 0.29) is 23.5 Å². The monoisotopic (exact) mass is 420 g/mol. The van der Waals surface area contributed by atoms with Gasteiger partial charge in [-0.2, -0.15) is 0 Å². The highest BCUT2D eigenvalue weighted by atomic mass is 32.2. The van der Waals surface area contributed by atoms with Crippen LogP contribution < -0.4 is 5.32 Å². The van der Waals surface area contributed by atoms with Crippen molar-refractivity contribution in [2.45, 2.75) is 32.9 Å². The van der Waals surface area contributed by atoms with E-state index in [0.717, 1.165) is 23.2 Å². The molecule has 0 spiro atoms. The summed E-state index contributed by atoms with van der Waals surface area (Å²) in [5.74, 6) is 0.795. The molecule has 0 saturated heterocycles. The minimum atomic E-state index is -0.408. The third kappa shape index (κ3) is 4.03. The molecule has 0 aromatic heterocycles. The lowest BCUT2D eigenvalue weighted by molar-refractivity contribution is -0.125. The van der Waals surface area contributed by atoms with Crippen molar-refractivity contribution in [3.8, 4) is 0 Å². The molecule has 2 aromatic carbocycles. The van der Waals surface area contributed by atoms with Crippen molar-refractivity contribution >= 4 is 40.3 Å². The molecule has 0 fully saturated rings. The lowest BCUT2D eigenvalue weighted by Crippen LogP contribution is -2.42. The average Bonchev–Trinajstić information content (AvgIpc) is 3.14. The number of thioether (sulfide) groups is 1. The van der Waals surface area contributed by atoms with Crippen molar-refractivity contribution in [3.05, 3.63) is 65.7 Å². The van der Waals surface area contributed by atoms with Crippen molar-refractivity contribution in [3.63, 3.8) is 0 Å². The maximum absolute atomic E-state index is 13.1. The first-order valence-corrected chi connectivity index (χ1v) is 11.1. The summed E-state index contributed by atoms with van der Waals surface area (Å²) < 4.78 is 0. The second kappa shape index (κ2) is 8.83. The van der Waals surface area contributed by atoms with Crippen LogP contribution in [0, 0.1) is 5.92 Å². The van der Waals surface area contributed by atoms with Gasteiger partial charge in [-0.1, -0.05) is 74.5 Å². The van der Waals surface area contributed by atoms with Crippen LogP contribution in [0.25, 0.3) is 0 Å². The SMILES string of the molecule is CC[C@@H](C)[C@H]1N=C2c3ccccc3N=C(SCC(=O)NCc3ccccc3)N2C1=O. The zero-order chi connectivity index (χ0) is 21.1. The topological polar surface area (TPSA) is 74.1 Å². The second-order valence-electron chi connectivity index (χ2n) is 7.42. The molecule has 2 heterocycles. The summed E-state index contributed by atoms with van der Waals surface area (Å²) in [7, 11) is 0. The molecule has 2 aliphatic heterocycles. The largest absolute Gasteiger partial charge is 0.351 e. The van der Waals surface area contributed by atoms with E-state index in [4.69, 9.17) is 4.99 Å². The molecule has 2 aromatic rings. The molecule has 30 heavy (non-hydrogen) atoms. The van der Waals surface area contributed by atoms with Gasteiger partial charge in [-0.3, -0.25) is 14.6 Å². The van der Waals surface area contributed by atoms with Gasteiger partial charge in [0.05, 0.1) is 11.4 Å². The zero-order valence-electron chi connectivity index (χ0n) is 17.0. The molecule has 0 bridgehead atoms. The number of fused-ring (bicyclic) bond motifs is 3. The first-order valence-electron chi connectivity index (χ1n) is 10.1. The van der Waals surface area contributed by atoms with Crippen LogP contribution >= 0.6 is 11.8 Å². The molecule has 7 heteroatoms. The molecule has 0 aliphatic carbocycles. The summed E-state index contributed by atoms with van der Waals surface area (Å²) in [6.45, 7) is 4.57. The predicted octanol–water partition coefficient (Wildman–Crippen LogP) is 3.74. The number of aliphatic imine (C=N–C) groups is 2. The van der Waals surface area contributed by atoms with Crippen molar-refractivity contribution in [1.29, 1.82) is 0 Å². The van der Waals surface area contributed by atoms with Gasteiger partial charge in [0.25, 0.3) is 5.91 Å². The highest BCUT2D eigenvalue weighted by molar-refractivity contribution is 8.14. The molecule has 0 radical (unpaired) electrons. The molecule has 6 nitrogen and oxygen atoms in total. The maximum Gasteiger partial charge on any atom is 0.259 e. The number of amides is 2. The first-order chi connectivity index (χ1) is 14.6. The number of benzene rings is 2. The number of amidine groups is 2. The van der Waals surface area contributed by atoms with Crippen molar-refractivity contribution in [1.82, 2.24) is 10.2 Å². The Hall–Kier alpha value is -2.93. The summed E-state index contributed by atoms with van der Waals surface area (Å²) in [6.07, 6.45) is 0.865. The molecule has 4 rings (SSSR count). The van der Waals surface area contributed by atoms with Crippen LogP contribution in [0.2, 0.25) is 0 Å². The number of hydrogen-bond acceptors (Lipinski definition) is 5. The normalized spacial score (nSPS) is 18.3. The van der Waals surface area contributed by atoms with Gasteiger partial charge in [0.15, 0.2) is 5.17 Å². The number of carbonyl (C=O) groups is 2. The van der Waals surface area contributed by atoms with Gasteiger partial charge in [0.2, 0.25) is 5.91 Å². The zero-order valence-corrected chi connectivity index (χ0v) is 17.9. The van der Waals surface area contributed by atoms with E-state index in [1.807, 2.05) is 61.5 Å². The van der Waals surface area contributed by atoms with Crippen LogP contribution in [0.1, 0.15) is 31.4 Å². The Morgan fingerprint density at radius 1 is 1.17 bits per heavy atom. The minimum absolute atomic E-state index is 0.0650. The molecule has 2 aliphatic rings. The minimum Gasteiger partial charge on any atom is -0.351 e. The van der Waals surface area contributed by atoms with Crippen LogP contribution in [0.15, 0.2) is 64.6 Å². The Labute approximate surface area is 180 Å². The van der Waals surface area contributed by atoms with Crippen LogP contribution in [0.5, 0.6) is 0 Å². The highest BCUT2D eigenvalue weighted by Gasteiger charge is 2.43. The number of nitrogens with zero attached hydrogens (tertiary/aromatic N) is 3. The predicted molar refractivity (Wildman–Crippen MR) is 121 cm³/mol. The van der Waals surface area contributed by atoms with Gasteiger partial charge in [-0.05, 0) is 23.6 Å². The molecule has 154 valence electrons. The summed E-state index contributed by atoms with van der Waals surface area (Å²) in [5, 5.41) is 3.43. The first kappa shape index (κ1) is 20.3. The Kier molecular flexibility index (Phi) is 5.99. The van der Waals surface area contributed by atoms with Gasteiger partial charge in [0, 0.05) is 12.1 Å². The fourth-order valence-corrected chi connectivity index (χ4v) is 4.27. The highest BCUT2D eigenvalue weighted by Crippen LogP contribution is 2.35. The van der Waals surface area contributed by atoms with Crippen LogP contribution in [0.3, 0.4) is 0 Å². The molecular weight excluding hydrogens is 396 g/mol. The van der Waals surface area contributed by atoms with E-state index in [1.54, 1.807) is 4.90 Å². The van der Waals surface area contributed by atoms with Gasteiger partial charge >= 0.3 is 0 Å². The number of hydrogen-bond donors (Lipinski definition) is 1. The quantitative estimate of drug-likeness (QED) is 0.774. The van der Waals surface area contributed by atoms with Crippen LogP contribution in [-0.2, 0) is 16.1 Å². The molecule has 1 N–H and O–H groups in total. The lowest BCUT2D eigenvalue weighted by Gasteiger charge is -2.25. The summed E-state index contributed by atoms with van der Waals surface area (Å²) in [6, 6.07) is 17.0. The Bertz CT molecular complexity index is 1020. The average molecular weight is 421 g/mol. The molecule has 2 atom stereocenters. The Morgan fingerprint density at radius 2 is 1.90 bits per heavy atom. The Balaban J connectivity index is 1.50. The van der Waals surface area contributed by atoms with Crippen LogP contribution in [-0.4, -0.2) is 39.5 Å². The van der Waals surface area contributed by atoms with Gasteiger partial charge in [0.1, 0.15) is 11.9 Å². The smallest absolute Gasteiger partial charge is 0.259 e. The van der Waals surface area contributed by atoms with E-state index >= 15 is 0 Å². The van der Waals surface area contributed by atoms with E-state index in [2.05, 4.69) is 17.2 Å². The molecular formula is C23H24N4O2S. The fraction of sp³-hybridized carbons (Fsp3) is 0.304. The number of rotatable bonds is 6. The van der Waals surface area contributed by atoms with Crippen LogP contribution in [0.4, 0.5) is 5.69 Å². The lowest BCUT2D eigenvalue weighted by atomic mass is 10.00. The molecule has 2 amide bonds. The standard InChI is InChI=1S/C23H24N4O2S/c1-3-15(2)20-22(29)27-21(26-20)17-11-7-8-12-18(17)25-23(27)30-14-19(28)24-13-16-9-5-4-6-10-16/h4-12,15,20H,3,13-14H2,1-2H3,(H,24,28)/t15-,20-/m1/s1. The molecule has 0 saturated carbocycles. The van der Waals surface area contributed by atoms with E-state index < -0.39 is 6.04 Å². The van der Waals surface area contributed by atoms with Crippen molar-refractivity contribution in [2.75, 3.05) is 5.75 Å². The number of carbonyl (C=O) groups excluding carboxylic acids is 2. The van der Waals surface area contributed by atoms with E-state index in [1.165, 1.54) is 11.8 Å². The van der Waals surface area contributed by atoms with Gasteiger partial charge in [-0.25, -0.2) is 9.89 Å². The number of nitrogens with one attached hydrogen (secondary N) is 1.